The fourth-order valence-corrected chi connectivity index (χ4v) is 3.36. The van der Waals surface area contributed by atoms with Gasteiger partial charge in [-0.15, -0.1) is 0 Å². The van der Waals surface area contributed by atoms with Crippen molar-refractivity contribution >= 4 is 12.0 Å². The molecular formula is C20H22N2O3. The van der Waals surface area contributed by atoms with Crippen LogP contribution < -0.4 is 5.73 Å². The van der Waals surface area contributed by atoms with E-state index in [2.05, 4.69) is 0 Å². The van der Waals surface area contributed by atoms with E-state index in [-0.39, 0.29) is 18.6 Å². The first-order chi connectivity index (χ1) is 12.2. The number of likely N-dealkylation sites (tertiary alicyclic amines) is 1. The third-order valence-corrected chi connectivity index (χ3v) is 4.58. The van der Waals surface area contributed by atoms with Gasteiger partial charge in [0.25, 0.3) is 0 Å². The highest BCUT2D eigenvalue weighted by Gasteiger charge is 2.39. The predicted octanol–water partition coefficient (Wildman–Crippen LogP) is 3.26. The fourth-order valence-electron chi connectivity index (χ4n) is 3.36. The van der Waals surface area contributed by atoms with Gasteiger partial charge in [-0.05, 0) is 24.0 Å². The molecule has 2 atom stereocenters. The average Bonchev–Trinajstić information content (AvgIpc) is 2.67. The lowest BCUT2D eigenvalue weighted by Crippen LogP contribution is -2.46. The molecule has 0 saturated carbocycles. The number of carbonyl (C=O) groups is 2. The van der Waals surface area contributed by atoms with Gasteiger partial charge in [0.1, 0.15) is 6.61 Å². The van der Waals surface area contributed by atoms with E-state index in [1.54, 1.807) is 4.90 Å². The zero-order valence-corrected chi connectivity index (χ0v) is 14.0. The van der Waals surface area contributed by atoms with Gasteiger partial charge in [-0.3, -0.25) is 4.79 Å². The summed E-state index contributed by atoms with van der Waals surface area (Å²) in [4.78, 5) is 26.2. The van der Waals surface area contributed by atoms with Gasteiger partial charge in [-0.2, -0.15) is 0 Å². The summed E-state index contributed by atoms with van der Waals surface area (Å²) in [6.07, 6.45) is 0.998. The normalized spacial score (nSPS) is 20.1. The summed E-state index contributed by atoms with van der Waals surface area (Å²) in [5, 5.41) is 0. The molecule has 2 aromatic carbocycles. The molecule has 130 valence electrons. The second-order valence-electron chi connectivity index (χ2n) is 6.24. The molecule has 0 radical (unpaired) electrons. The molecule has 1 saturated heterocycles. The quantitative estimate of drug-likeness (QED) is 0.930. The van der Waals surface area contributed by atoms with Crippen molar-refractivity contribution in [3.63, 3.8) is 0 Å². The van der Waals surface area contributed by atoms with Crippen LogP contribution in [0, 0.1) is 5.92 Å². The van der Waals surface area contributed by atoms with Crippen molar-refractivity contribution in [2.24, 2.45) is 11.7 Å². The number of benzene rings is 2. The Labute approximate surface area is 147 Å². The van der Waals surface area contributed by atoms with E-state index in [1.807, 2.05) is 60.7 Å². The summed E-state index contributed by atoms with van der Waals surface area (Å²) < 4.78 is 5.48. The van der Waals surface area contributed by atoms with Crippen LogP contribution in [-0.2, 0) is 16.1 Å². The van der Waals surface area contributed by atoms with Gasteiger partial charge in [-0.1, -0.05) is 60.7 Å². The minimum atomic E-state index is -0.413. The SMILES string of the molecule is NC(=O)[C@H]1CCCN(C(=O)OCc2ccccc2)[C@@H]1c1ccccc1. The Morgan fingerprint density at radius 1 is 1.04 bits per heavy atom. The number of primary amides is 1. The lowest BCUT2D eigenvalue weighted by atomic mass is 9.84. The van der Waals surface area contributed by atoms with Crippen LogP contribution in [0.15, 0.2) is 60.7 Å². The number of hydrogen-bond donors (Lipinski definition) is 1. The van der Waals surface area contributed by atoms with Crippen LogP contribution in [0.25, 0.3) is 0 Å². The molecule has 1 aliphatic heterocycles. The van der Waals surface area contributed by atoms with Gasteiger partial charge in [0.05, 0.1) is 12.0 Å². The molecule has 2 N–H and O–H groups in total. The summed E-state index contributed by atoms with van der Waals surface area (Å²) in [7, 11) is 0. The monoisotopic (exact) mass is 338 g/mol. The Morgan fingerprint density at radius 2 is 1.68 bits per heavy atom. The zero-order chi connectivity index (χ0) is 17.6. The molecule has 2 amide bonds. The summed E-state index contributed by atoms with van der Waals surface area (Å²) in [6, 6.07) is 18.7. The molecule has 1 fully saturated rings. The largest absolute Gasteiger partial charge is 0.445 e. The van der Waals surface area contributed by atoms with Gasteiger partial charge in [0.15, 0.2) is 0 Å². The van der Waals surface area contributed by atoms with E-state index >= 15 is 0 Å². The van der Waals surface area contributed by atoms with Crippen LogP contribution in [0.5, 0.6) is 0 Å². The number of hydrogen-bond acceptors (Lipinski definition) is 3. The highest BCUT2D eigenvalue weighted by atomic mass is 16.6. The smallest absolute Gasteiger partial charge is 0.410 e. The second-order valence-corrected chi connectivity index (χ2v) is 6.24. The first-order valence-corrected chi connectivity index (χ1v) is 8.48. The Hall–Kier alpha value is -2.82. The van der Waals surface area contributed by atoms with Gasteiger partial charge in [0, 0.05) is 6.54 Å². The number of rotatable bonds is 4. The van der Waals surface area contributed by atoms with E-state index in [0.29, 0.717) is 13.0 Å². The molecule has 1 heterocycles. The number of piperidine rings is 1. The third-order valence-electron chi connectivity index (χ3n) is 4.58. The summed E-state index contributed by atoms with van der Waals surface area (Å²) in [6.45, 7) is 0.760. The van der Waals surface area contributed by atoms with E-state index in [0.717, 1.165) is 17.5 Å². The molecule has 3 rings (SSSR count). The minimum absolute atomic E-state index is 0.207. The van der Waals surface area contributed by atoms with Gasteiger partial charge in [0.2, 0.25) is 5.91 Å². The van der Waals surface area contributed by atoms with E-state index in [4.69, 9.17) is 10.5 Å². The van der Waals surface area contributed by atoms with Crippen molar-refractivity contribution < 1.29 is 14.3 Å². The number of carbonyl (C=O) groups excluding carboxylic acids is 2. The van der Waals surface area contributed by atoms with Crippen molar-refractivity contribution in [2.45, 2.75) is 25.5 Å². The Morgan fingerprint density at radius 3 is 2.32 bits per heavy atom. The summed E-state index contributed by atoms with van der Waals surface area (Å²) in [5.41, 5.74) is 7.44. The Balaban J connectivity index is 1.79. The van der Waals surface area contributed by atoms with Gasteiger partial charge >= 0.3 is 6.09 Å². The molecule has 0 bridgehead atoms. The molecule has 25 heavy (non-hydrogen) atoms. The van der Waals surface area contributed by atoms with Crippen LogP contribution in [0.1, 0.15) is 30.0 Å². The molecule has 0 aliphatic carbocycles. The topological polar surface area (TPSA) is 72.6 Å². The molecule has 2 aromatic rings. The summed E-state index contributed by atoms with van der Waals surface area (Å²) in [5.74, 6) is -0.783. The summed E-state index contributed by atoms with van der Waals surface area (Å²) >= 11 is 0. The number of nitrogens with two attached hydrogens (primary N) is 1. The minimum Gasteiger partial charge on any atom is -0.445 e. The zero-order valence-electron chi connectivity index (χ0n) is 14.0. The molecule has 5 nitrogen and oxygen atoms in total. The fraction of sp³-hybridized carbons (Fsp3) is 0.300. The Kier molecular flexibility index (Phi) is 5.33. The van der Waals surface area contributed by atoms with Crippen molar-refractivity contribution in [2.75, 3.05) is 6.54 Å². The van der Waals surface area contributed by atoms with Crippen molar-refractivity contribution in [3.05, 3.63) is 71.8 Å². The van der Waals surface area contributed by atoms with Crippen molar-refractivity contribution in [1.29, 1.82) is 0 Å². The van der Waals surface area contributed by atoms with Crippen LogP contribution in [0.4, 0.5) is 4.79 Å². The maximum absolute atomic E-state index is 12.7. The van der Waals surface area contributed by atoms with Crippen LogP contribution in [0.3, 0.4) is 0 Å². The highest BCUT2D eigenvalue weighted by Crippen LogP contribution is 2.36. The molecule has 0 unspecified atom stereocenters. The van der Waals surface area contributed by atoms with Gasteiger partial charge < -0.3 is 15.4 Å². The average molecular weight is 338 g/mol. The van der Waals surface area contributed by atoms with Crippen LogP contribution >= 0.6 is 0 Å². The lowest BCUT2D eigenvalue weighted by molar-refractivity contribution is -0.125. The Bertz CT molecular complexity index is 718. The molecular weight excluding hydrogens is 316 g/mol. The van der Waals surface area contributed by atoms with Crippen molar-refractivity contribution in [3.8, 4) is 0 Å². The van der Waals surface area contributed by atoms with E-state index < -0.39 is 12.0 Å². The first kappa shape index (κ1) is 17.0. The third kappa shape index (κ3) is 3.99. The second kappa shape index (κ2) is 7.83. The molecule has 0 spiro atoms. The number of amides is 2. The maximum Gasteiger partial charge on any atom is 0.410 e. The molecule has 1 aliphatic rings. The highest BCUT2D eigenvalue weighted by molar-refractivity contribution is 5.79. The standard InChI is InChI=1S/C20H22N2O3/c21-19(23)17-12-7-13-22(18(17)16-10-5-2-6-11-16)20(24)25-14-15-8-3-1-4-9-15/h1-6,8-11,17-18H,7,12-14H2,(H2,21,23)/t17-,18+/m0/s1. The van der Waals surface area contributed by atoms with E-state index in [1.165, 1.54) is 0 Å². The number of nitrogens with zero attached hydrogens (tertiary/aromatic N) is 1. The van der Waals surface area contributed by atoms with Crippen LogP contribution in [-0.4, -0.2) is 23.4 Å². The van der Waals surface area contributed by atoms with Crippen molar-refractivity contribution in [1.82, 2.24) is 4.90 Å². The first-order valence-electron chi connectivity index (χ1n) is 8.48. The lowest BCUT2D eigenvalue weighted by Gasteiger charge is -2.39. The van der Waals surface area contributed by atoms with Gasteiger partial charge in [-0.25, -0.2) is 4.79 Å². The predicted molar refractivity (Wildman–Crippen MR) is 94.4 cm³/mol. The maximum atomic E-state index is 12.7. The van der Waals surface area contributed by atoms with E-state index in [9.17, 15) is 9.59 Å². The molecule has 5 heteroatoms. The molecule has 0 aromatic heterocycles. The number of ether oxygens (including phenoxy) is 1. The van der Waals surface area contributed by atoms with Crippen LogP contribution in [0.2, 0.25) is 0 Å².